The van der Waals surface area contributed by atoms with Crippen LogP contribution in [0.1, 0.15) is 36.0 Å². The van der Waals surface area contributed by atoms with E-state index in [9.17, 15) is 4.79 Å². The lowest BCUT2D eigenvalue weighted by atomic mass is 10.0. The molecular formula is C15H19BrClN3O. The molecule has 6 heteroatoms. The summed E-state index contributed by atoms with van der Waals surface area (Å²) in [5.74, 6) is -0.00213. The van der Waals surface area contributed by atoms with Crippen molar-refractivity contribution in [2.24, 2.45) is 0 Å². The molecule has 1 aromatic heterocycles. The zero-order valence-electron chi connectivity index (χ0n) is 11.9. The van der Waals surface area contributed by atoms with Crippen LogP contribution in [0.3, 0.4) is 0 Å². The summed E-state index contributed by atoms with van der Waals surface area (Å²) in [6.45, 7) is 3.96. The maximum atomic E-state index is 12.7. The number of pyridine rings is 1. The van der Waals surface area contributed by atoms with E-state index >= 15 is 0 Å². The number of hydrogen-bond donors (Lipinski definition) is 0. The Balaban J connectivity index is 1.73. The first-order valence-corrected chi connectivity index (χ1v) is 8.66. The third-order valence-electron chi connectivity index (χ3n) is 4.38. The summed E-state index contributed by atoms with van der Waals surface area (Å²) in [4.78, 5) is 21.2. The molecule has 2 fully saturated rings. The Morgan fingerprint density at radius 3 is 2.81 bits per heavy atom. The van der Waals surface area contributed by atoms with E-state index in [1.54, 1.807) is 12.3 Å². The summed E-state index contributed by atoms with van der Waals surface area (Å²) in [7, 11) is 0. The number of hydrogen-bond acceptors (Lipinski definition) is 3. The summed E-state index contributed by atoms with van der Waals surface area (Å²) in [6, 6.07) is 2.26. The number of amides is 1. The molecule has 1 atom stereocenters. The van der Waals surface area contributed by atoms with Crippen molar-refractivity contribution >= 4 is 33.4 Å². The van der Waals surface area contributed by atoms with Crippen LogP contribution in [0.2, 0.25) is 5.15 Å². The highest BCUT2D eigenvalue weighted by Gasteiger charge is 2.30. The molecule has 0 N–H and O–H groups in total. The molecule has 0 aliphatic carbocycles. The van der Waals surface area contributed by atoms with E-state index in [4.69, 9.17) is 11.6 Å². The first kappa shape index (κ1) is 15.3. The van der Waals surface area contributed by atoms with Crippen molar-refractivity contribution in [2.75, 3.05) is 26.2 Å². The second-order valence-corrected chi connectivity index (χ2v) is 7.06. The van der Waals surface area contributed by atoms with Gasteiger partial charge in [0.25, 0.3) is 5.91 Å². The van der Waals surface area contributed by atoms with E-state index in [-0.39, 0.29) is 11.1 Å². The zero-order chi connectivity index (χ0) is 14.8. The minimum Gasteiger partial charge on any atom is -0.337 e. The molecule has 2 aliphatic rings. The Kier molecular flexibility index (Phi) is 4.82. The van der Waals surface area contributed by atoms with Crippen LogP contribution in [0, 0.1) is 0 Å². The van der Waals surface area contributed by atoms with Crippen molar-refractivity contribution in [3.05, 3.63) is 27.5 Å². The molecule has 2 aliphatic heterocycles. The van der Waals surface area contributed by atoms with Gasteiger partial charge < -0.3 is 4.90 Å². The van der Waals surface area contributed by atoms with Gasteiger partial charge in [0, 0.05) is 29.8 Å². The molecule has 3 rings (SSSR count). The Labute approximate surface area is 138 Å². The normalized spacial score (nSPS) is 23.5. The average Bonchev–Trinajstić information content (AvgIpc) is 3.03. The van der Waals surface area contributed by atoms with Crippen LogP contribution in [-0.2, 0) is 0 Å². The standard InChI is InChI=1S/C15H19BrClN3O/c16-11-8-13(14(17)18-9-11)15(21)20-7-3-4-12(10-20)19-5-1-2-6-19/h8-9,12H,1-7,10H2. The second-order valence-electron chi connectivity index (χ2n) is 5.78. The van der Waals surface area contributed by atoms with Gasteiger partial charge in [0.2, 0.25) is 0 Å². The molecule has 0 saturated carbocycles. The predicted molar refractivity (Wildman–Crippen MR) is 86.7 cm³/mol. The van der Waals surface area contributed by atoms with Gasteiger partial charge in [0.05, 0.1) is 5.56 Å². The predicted octanol–water partition coefficient (Wildman–Crippen LogP) is 3.20. The molecular weight excluding hydrogens is 354 g/mol. The summed E-state index contributed by atoms with van der Waals surface area (Å²) < 4.78 is 0.781. The number of rotatable bonds is 2. The Hall–Kier alpha value is -0.650. The zero-order valence-corrected chi connectivity index (χ0v) is 14.2. The van der Waals surface area contributed by atoms with Crippen molar-refractivity contribution in [3.63, 3.8) is 0 Å². The highest BCUT2D eigenvalue weighted by Crippen LogP contribution is 2.24. The van der Waals surface area contributed by atoms with E-state index in [1.165, 1.54) is 32.4 Å². The number of carbonyl (C=O) groups is 1. The molecule has 1 aromatic rings. The fourth-order valence-electron chi connectivity index (χ4n) is 3.29. The summed E-state index contributed by atoms with van der Waals surface area (Å²) in [5.41, 5.74) is 0.494. The molecule has 1 amide bonds. The van der Waals surface area contributed by atoms with Gasteiger partial charge in [-0.25, -0.2) is 4.98 Å². The maximum Gasteiger partial charge on any atom is 0.257 e. The average molecular weight is 373 g/mol. The highest BCUT2D eigenvalue weighted by molar-refractivity contribution is 9.10. The Bertz CT molecular complexity index is 534. The Morgan fingerprint density at radius 2 is 2.05 bits per heavy atom. The van der Waals surface area contributed by atoms with Crippen LogP contribution in [-0.4, -0.2) is 52.9 Å². The van der Waals surface area contributed by atoms with Crippen LogP contribution in [0.5, 0.6) is 0 Å². The molecule has 21 heavy (non-hydrogen) atoms. The lowest BCUT2D eigenvalue weighted by molar-refractivity contribution is 0.0607. The van der Waals surface area contributed by atoms with Crippen LogP contribution >= 0.6 is 27.5 Å². The quantitative estimate of drug-likeness (QED) is 0.748. The number of carbonyl (C=O) groups excluding carboxylic acids is 1. The number of nitrogens with zero attached hydrogens (tertiary/aromatic N) is 3. The smallest absolute Gasteiger partial charge is 0.257 e. The molecule has 114 valence electrons. The minimum absolute atomic E-state index is 0.00213. The summed E-state index contributed by atoms with van der Waals surface area (Å²) >= 11 is 9.44. The molecule has 0 spiro atoms. The largest absolute Gasteiger partial charge is 0.337 e. The lowest BCUT2D eigenvalue weighted by Crippen LogP contribution is -2.49. The minimum atomic E-state index is -0.00213. The topological polar surface area (TPSA) is 36.4 Å². The Morgan fingerprint density at radius 1 is 1.29 bits per heavy atom. The van der Waals surface area contributed by atoms with E-state index in [0.717, 1.165) is 24.0 Å². The van der Waals surface area contributed by atoms with Crippen LogP contribution < -0.4 is 0 Å². The van der Waals surface area contributed by atoms with Crippen molar-refractivity contribution in [1.82, 2.24) is 14.8 Å². The first-order valence-electron chi connectivity index (χ1n) is 7.49. The molecule has 3 heterocycles. The molecule has 2 saturated heterocycles. The van der Waals surface area contributed by atoms with Crippen molar-refractivity contribution < 1.29 is 4.79 Å². The van der Waals surface area contributed by atoms with Gasteiger partial charge in [-0.05, 0) is 60.8 Å². The third kappa shape index (κ3) is 3.41. The van der Waals surface area contributed by atoms with E-state index in [0.29, 0.717) is 11.6 Å². The second kappa shape index (κ2) is 6.63. The monoisotopic (exact) mass is 371 g/mol. The maximum absolute atomic E-state index is 12.7. The van der Waals surface area contributed by atoms with Crippen molar-refractivity contribution in [3.8, 4) is 0 Å². The summed E-state index contributed by atoms with van der Waals surface area (Å²) in [6.07, 6.45) is 6.43. The molecule has 0 radical (unpaired) electrons. The van der Waals surface area contributed by atoms with Gasteiger partial charge in [-0.15, -0.1) is 0 Å². The van der Waals surface area contributed by atoms with Gasteiger partial charge in [-0.2, -0.15) is 0 Å². The van der Waals surface area contributed by atoms with Gasteiger partial charge in [-0.3, -0.25) is 9.69 Å². The van der Waals surface area contributed by atoms with E-state index in [2.05, 4.69) is 25.8 Å². The third-order valence-corrected chi connectivity index (χ3v) is 5.11. The van der Waals surface area contributed by atoms with Crippen LogP contribution in [0.4, 0.5) is 0 Å². The lowest BCUT2D eigenvalue weighted by Gasteiger charge is -2.37. The first-order chi connectivity index (χ1) is 10.1. The molecule has 1 unspecified atom stereocenters. The van der Waals surface area contributed by atoms with Crippen LogP contribution in [0.25, 0.3) is 0 Å². The van der Waals surface area contributed by atoms with Gasteiger partial charge in [0.15, 0.2) is 0 Å². The van der Waals surface area contributed by atoms with Crippen molar-refractivity contribution in [1.29, 1.82) is 0 Å². The van der Waals surface area contributed by atoms with Gasteiger partial charge >= 0.3 is 0 Å². The SMILES string of the molecule is O=C(c1cc(Br)cnc1Cl)N1CCCC(N2CCCC2)C1. The summed E-state index contributed by atoms with van der Waals surface area (Å²) in [5, 5.41) is 0.284. The molecule has 0 bridgehead atoms. The number of piperidine rings is 1. The molecule has 0 aromatic carbocycles. The van der Waals surface area contributed by atoms with Crippen molar-refractivity contribution in [2.45, 2.75) is 31.7 Å². The number of aromatic nitrogens is 1. The molecule has 4 nitrogen and oxygen atoms in total. The highest BCUT2D eigenvalue weighted by atomic mass is 79.9. The van der Waals surface area contributed by atoms with Crippen LogP contribution in [0.15, 0.2) is 16.7 Å². The number of likely N-dealkylation sites (tertiary alicyclic amines) is 2. The number of halogens is 2. The van der Waals surface area contributed by atoms with Gasteiger partial charge in [0.1, 0.15) is 5.15 Å². The fraction of sp³-hybridized carbons (Fsp3) is 0.600. The van der Waals surface area contributed by atoms with Gasteiger partial charge in [-0.1, -0.05) is 11.6 Å². The van der Waals surface area contributed by atoms with E-state index < -0.39 is 0 Å². The van der Waals surface area contributed by atoms with E-state index in [1.807, 2.05) is 4.90 Å². The fourth-order valence-corrected chi connectivity index (χ4v) is 3.80.